The van der Waals surface area contributed by atoms with Gasteiger partial charge < -0.3 is 5.11 Å². The van der Waals surface area contributed by atoms with Crippen molar-refractivity contribution in [2.24, 2.45) is 7.05 Å². The van der Waals surface area contributed by atoms with Crippen LogP contribution < -0.4 is 0 Å². The standard InChI is InChI=1S/C23H27N7.C2HF3O2/c1-3-17-4-6-18(7-5-17)16-29-14-11-19(12-15-29)23-26-25-22-9-8-20(27-30(22)23)21-10-13-24-28(21)2;3-2(4,5)1(6)7/h4-10,13,19H,3,11-12,14-16H2,1-2H3;(H,6,7). The van der Waals surface area contributed by atoms with E-state index in [9.17, 15) is 13.2 Å². The minimum Gasteiger partial charge on any atom is -0.475 e. The molecule has 0 spiro atoms. The number of alkyl halides is 3. The van der Waals surface area contributed by atoms with Crippen molar-refractivity contribution in [3.8, 4) is 11.4 Å². The molecule has 0 atom stereocenters. The van der Waals surface area contributed by atoms with E-state index in [1.165, 1.54) is 11.1 Å². The Labute approximate surface area is 211 Å². The van der Waals surface area contributed by atoms with Gasteiger partial charge in [-0.2, -0.15) is 27.9 Å². The van der Waals surface area contributed by atoms with Gasteiger partial charge in [-0.15, -0.1) is 10.2 Å². The van der Waals surface area contributed by atoms with E-state index in [0.717, 1.165) is 61.8 Å². The summed E-state index contributed by atoms with van der Waals surface area (Å²) in [4.78, 5) is 11.4. The zero-order valence-electron chi connectivity index (χ0n) is 20.6. The van der Waals surface area contributed by atoms with Crippen molar-refractivity contribution in [1.82, 2.24) is 34.5 Å². The highest BCUT2D eigenvalue weighted by atomic mass is 19.4. The maximum absolute atomic E-state index is 10.6. The van der Waals surface area contributed by atoms with Gasteiger partial charge in [-0.05, 0) is 61.7 Å². The average molecular weight is 516 g/mol. The topological polar surface area (TPSA) is 101 Å². The Morgan fingerprint density at radius 1 is 1.03 bits per heavy atom. The Balaban J connectivity index is 0.000000405. The molecule has 1 saturated heterocycles. The Bertz CT molecular complexity index is 1340. The summed E-state index contributed by atoms with van der Waals surface area (Å²) in [6.07, 6.45) is -0.0506. The van der Waals surface area contributed by atoms with Crippen molar-refractivity contribution in [3.05, 3.63) is 65.6 Å². The van der Waals surface area contributed by atoms with Gasteiger partial charge in [0, 0.05) is 25.7 Å². The van der Waals surface area contributed by atoms with Crippen LogP contribution in [0.2, 0.25) is 0 Å². The normalized spacial score (nSPS) is 14.9. The number of carboxylic acids is 1. The molecular weight excluding hydrogens is 487 g/mol. The van der Waals surface area contributed by atoms with Crippen molar-refractivity contribution in [2.45, 2.75) is 44.8 Å². The number of fused-ring (bicyclic) bond motifs is 1. The molecule has 0 aliphatic carbocycles. The van der Waals surface area contributed by atoms with Gasteiger partial charge >= 0.3 is 12.1 Å². The van der Waals surface area contributed by atoms with E-state index in [4.69, 9.17) is 15.0 Å². The molecule has 1 aliphatic rings. The van der Waals surface area contributed by atoms with E-state index in [0.29, 0.717) is 5.92 Å². The molecule has 0 bridgehead atoms. The molecule has 5 rings (SSSR count). The number of likely N-dealkylation sites (tertiary alicyclic amines) is 1. The van der Waals surface area contributed by atoms with E-state index >= 15 is 0 Å². The van der Waals surface area contributed by atoms with Crippen LogP contribution in [-0.4, -0.2) is 64.8 Å². The van der Waals surface area contributed by atoms with Gasteiger partial charge in [0.25, 0.3) is 0 Å². The average Bonchev–Trinajstić information content (AvgIpc) is 3.50. The van der Waals surface area contributed by atoms with Crippen LogP contribution in [0.15, 0.2) is 48.7 Å². The number of hydrogen-bond acceptors (Lipinski definition) is 6. The van der Waals surface area contributed by atoms with Crippen molar-refractivity contribution in [3.63, 3.8) is 0 Å². The fraction of sp³-hybridized carbons (Fsp3) is 0.400. The number of benzene rings is 1. The number of halogens is 3. The second kappa shape index (κ2) is 11.1. The third-order valence-corrected chi connectivity index (χ3v) is 6.40. The molecule has 0 saturated carbocycles. The first-order valence-corrected chi connectivity index (χ1v) is 12.0. The maximum atomic E-state index is 10.6. The van der Waals surface area contributed by atoms with E-state index in [1.54, 1.807) is 6.20 Å². The largest absolute Gasteiger partial charge is 0.490 e. The van der Waals surface area contributed by atoms with Gasteiger partial charge in [-0.3, -0.25) is 9.58 Å². The lowest BCUT2D eigenvalue weighted by molar-refractivity contribution is -0.192. The van der Waals surface area contributed by atoms with Crippen LogP contribution in [0.4, 0.5) is 13.2 Å². The van der Waals surface area contributed by atoms with Gasteiger partial charge in [0.1, 0.15) is 5.69 Å². The summed E-state index contributed by atoms with van der Waals surface area (Å²) >= 11 is 0. The lowest BCUT2D eigenvalue weighted by Gasteiger charge is -2.31. The maximum Gasteiger partial charge on any atom is 0.490 e. The lowest BCUT2D eigenvalue weighted by Crippen LogP contribution is -2.33. The Hall–Kier alpha value is -3.80. The van der Waals surface area contributed by atoms with Crippen molar-refractivity contribution in [1.29, 1.82) is 0 Å². The number of nitrogens with zero attached hydrogens (tertiary/aromatic N) is 7. The predicted molar refractivity (Wildman–Crippen MR) is 130 cm³/mol. The van der Waals surface area contributed by atoms with Gasteiger partial charge in [0.15, 0.2) is 11.5 Å². The highest BCUT2D eigenvalue weighted by Crippen LogP contribution is 2.28. The molecule has 1 fully saturated rings. The molecule has 0 radical (unpaired) electrons. The van der Waals surface area contributed by atoms with Crippen LogP contribution in [0.5, 0.6) is 0 Å². The Morgan fingerprint density at radius 2 is 1.68 bits per heavy atom. The molecule has 0 amide bonds. The molecule has 1 aliphatic heterocycles. The molecule has 4 aromatic rings. The molecule has 196 valence electrons. The zero-order valence-corrected chi connectivity index (χ0v) is 20.6. The minimum atomic E-state index is -5.08. The molecule has 37 heavy (non-hydrogen) atoms. The second-order valence-electron chi connectivity index (χ2n) is 8.91. The number of carbonyl (C=O) groups is 1. The van der Waals surface area contributed by atoms with E-state index < -0.39 is 12.1 Å². The van der Waals surface area contributed by atoms with Gasteiger partial charge in [0.2, 0.25) is 0 Å². The van der Waals surface area contributed by atoms with E-state index in [1.807, 2.05) is 34.4 Å². The first-order chi connectivity index (χ1) is 17.7. The molecule has 1 aromatic carbocycles. The third-order valence-electron chi connectivity index (χ3n) is 6.40. The Morgan fingerprint density at radius 3 is 2.24 bits per heavy atom. The van der Waals surface area contributed by atoms with Crippen LogP contribution in [0.25, 0.3) is 17.0 Å². The summed E-state index contributed by atoms with van der Waals surface area (Å²) in [7, 11) is 1.93. The highest BCUT2D eigenvalue weighted by Gasteiger charge is 2.38. The third kappa shape index (κ3) is 6.31. The first kappa shape index (κ1) is 26.3. The molecular formula is C25H28F3N7O2. The second-order valence-corrected chi connectivity index (χ2v) is 8.91. The van der Waals surface area contributed by atoms with Crippen LogP contribution in [-0.2, 0) is 24.8 Å². The van der Waals surface area contributed by atoms with Crippen LogP contribution in [0.1, 0.15) is 42.6 Å². The molecule has 0 unspecified atom stereocenters. The number of aliphatic carboxylic acids is 1. The first-order valence-electron chi connectivity index (χ1n) is 12.0. The fourth-order valence-corrected chi connectivity index (χ4v) is 4.31. The molecule has 12 heteroatoms. The number of hydrogen-bond donors (Lipinski definition) is 1. The van der Waals surface area contributed by atoms with E-state index in [-0.39, 0.29) is 0 Å². The smallest absolute Gasteiger partial charge is 0.475 e. The SMILES string of the molecule is CCc1ccc(CN2CCC(c3nnc4ccc(-c5ccnn5C)nn34)CC2)cc1.O=C(O)C(F)(F)F. The number of piperidine rings is 1. The predicted octanol–water partition coefficient (Wildman–Crippen LogP) is 4.10. The summed E-state index contributed by atoms with van der Waals surface area (Å²) in [6.45, 7) is 5.34. The summed E-state index contributed by atoms with van der Waals surface area (Å²) in [5, 5.41) is 25.1. The monoisotopic (exact) mass is 515 g/mol. The summed E-state index contributed by atoms with van der Waals surface area (Å²) < 4.78 is 35.5. The number of aromatic nitrogens is 6. The van der Waals surface area contributed by atoms with Crippen molar-refractivity contribution < 1.29 is 23.1 Å². The van der Waals surface area contributed by atoms with Crippen LogP contribution in [0.3, 0.4) is 0 Å². The summed E-state index contributed by atoms with van der Waals surface area (Å²) in [6, 6.07) is 15.0. The number of carboxylic acid groups (broad SMARTS) is 1. The fourth-order valence-electron chi connectivity index (χ4n) is 4.31. The highest BCUT2D eigenvalue weighted by molar-refractivity contribution is 5.73. The lowest BCUT2D eigenvalue weighted by atomic mass is 9.95. The minimum absolute atomic E-state index is 0.382. The number of aryl methyl sites for hydroxylation is 2. The number of rotatable bonds is 5. The zero-order chi connectivity index (χ0) is 26.6. The van der Waals surface area contributed by atoms with Gasteiger partial charge in [-0.1, -0.05) is 31.2 Å². The summed E-state index contributed by atoms with van der Waals surface area (Å²) in [5.74, 6) is -1.40. The Kier molecular flexibility index (Phi) is 7.86. The van der Waals surface area contributed by atoms with Gasteiger partial charge in [-0.25, -0.2) is 4.79 Å². The molecule has 9 nitrogen and oxygen atoms in total. The molecule has 3 aromatic heterocycles. The van der Waals surface area contributed by atoms with Crippen LogP contribution >= 0.6 is 0 Å². The van der Waals surface area contributed by atoms with E-state index in [2.05, 4.69) is 51.4 Å². The van der Waals surface area contributed by atoms with Crippen LogP contribution in [0, 0.1) is 0 Å². The van der Waals surface area contributed by atoms with Crippen molar-refractivity contribution >= 4 is 11.6 Å². The summed E-state index contributed by atoms with van der Waals surface area (Å²) in [5.41, 5.74) is 5.46. The quantitative estimate of drug-likeness (QED) is 0.427. The van der Waals surface area contributed by atoms with Gasteiger partial charge in [0.05, 0.1) is 5.69 Å². The molecule has 1 N–H and O–H groups in total. The van der Waals surface area contributed by atoms with Crippen molar-refractivity contribution in [2.75, 3.05) is 13.1 Å². The molecule has 4 heterocycles.